The van der Waals surface area contributed by atoms with Crippen molar-refractivity contribution in [3.63, 3.8) is 0 Å². The summed E-state index contributed by atoms with van der Waals surface area (Å²) in [5.74, 6) is 0.327. The van der Waals surface area contributed by atoms with E-state index in [9.17, 15) is 8.60 Å². The molecule has 0 saturated carbocycles. The molecule has 4 heteroatoms. The van der Waals surface area contributed by atoms with Crippen LogP contribution in [-0.4, -0.2) is 4.21 Å². The molecule has 0 aliphatic carbocycles. The molecular formula is C16H18FNOS. The van der Waals surface area contributed by atoms with Gasteiger partial charge in [0.15, 0.2) is 0 Å². The molecule has 2 aromatic rings. The second-order valence-corrected chi connectivity index (χ2v) is 6.52. The minimum Gasteiger partial charge on any atom is -0.396 e. The number of anilines is 1. The molecule has 0 saturated heterocycles. The van der Waals surface area contributed by atoms with Crippen molar-refractivity contribution in [2.45, 2.75) is 30.4 Å². The summed E-state index contributed by atoms with van der Waals surface area (Å²) < 4.78 is 25.6. The standard InChI is InChI=1S/C16H18FNOS/c1-11(2)13-5-3-12(4-6-13)10-20(19)14-7-8-16(18)15(17)9-14/h3-9,11H,10,18H2,1-2H3. The third-order valence-electron chi connectivity index (χ3n) is 3.18. The van der Waals surface area contributed by atoms with E-state index in [1.54, 1.807) is 6.07 Å². The molecular weight excluding hydrogens is 273 g/mol. The molecule has 1 atom stereocenters. The number of halogens is 1. The molecule has 0 fully saturated rings. The van der Waals surface area contributed by atoms with Gasteiger partial charge in [-0.3, -0.25) is 4.21 Å². The first-order chi connectivity index (χ1) is 9.47. The van der Waals surface area contributed by atoms with Gasteiger partial charge in [0, 0.05) is 4.90 Å². The minimum atomic E-state index is -1.27. The van der Waals surface area contributed by atoms with E-state index >= 15 is 0 Å². The van der Waals surface area contributed by atoms with Crippen molar-refractivity contribution in [2.75, 3.05) is 5.73 Å². The van der Waals surface area contributed by atoms with Crippen LogP contribution in [-0.2, 0) is 16.6 Å². The lowest BCUT2D eigenvalue weighted by molar-refractivity contribution is 0.627. The molecule has 0 aromatic heterocycles. The van der Waals surface area contributed by atoms with Crippen molar-refractivity contribution in [2.24, 2.45) is 0 Å². The highest BCUT2D eigenvalue weighted by atomic mass is 32.2. The fourth-order valence-corrected chi connectivity index (χ4v) is 3.00. The monoisotopic (exact) mass is 291 g/mol. The highest BCUT2D eigenvalue weighted by Crippen LogP contribution is 2.19. The molecule has 2 rings (SSSR count). The lowest BCUT2D eigenvalue weighted by Gasteiger charge is -2.07. The molecule has 20 heavy (non-hydrogen) atoms. The van der Waals surface area contributed by atoms with E-state index < -0.39 is 16.6 Å². The molecule has 0 spiro atoms. The van der Waals surface area contributed by atoms with Gasteiger partial charge in [0.1, 0.15) is 5.82 Å². The number of hydrogen-bond donors (Lipinski definition) is 1. The fourth-order valence-electron chi connectivity index (χ4n) is 1.88. The van der Waals surface area contributed by atoms with Crippen LogP contribution in [0.5, 0.6) is 0 Å². The van der Waals surface area contributed by atoms with Gasteiger partial charge >= 0.3 is 0 Å². The molecule has 0 aliphatic heterocycles. The maximum atomic E-state index is 13.4. The molecule has 0 bridgehead atoms. The first-order valence-corrected chi connectivity index (χ1v) is 7.81. The van der Waals surface area contributed by atoms with Crippen LogP contribution in [0.4, 0.5) is 10.1 Å². The van der Waals surface area contributed by atoms with E-state index in [4.69, 9.17) is 5.73 Å². The Kier molecular flexibility index (Phi) is 4.55. The lowest BCUT2D eigenvalue weighted by Crippen LogP contribution is -1.99. The van der Waals surface area contributed by atoms with Crippen LogP contribution in [0.15, 0.2) is 47.4 Å². The Bertz CT molecular complexity index is 623. The molecule has 2 N–H and O–H groups in total. The van der Waals surface area contributed by atoms with E-state index in [2.05, 4.69) is 13.8 Å². The quantitative estimate of drug-likeness (QED) is 0.870. The number of benzene rings is 2. The Morgan fingerprint density at radius 1 is 1.15 bits per heavy atom. The van der Waals surface area contributed by atoms with E-state index in [0.717, 1.165) is 5.56 Å². The molecule has 0 radical (unpaired) electrons. The highest BCUT2D eigenvalue weighted by molar-refractivity contribution is 7.84. The predicted molar refractivity (Wildman–Crippen MR) is 81.5 cm³/mol. The van der Waals surface area contributed by atoms with Crippen molar-refractivity contribution in [3.05, 3.63) is 59.4 Å². The summed E-state index contributed by atoms with van der Waals surface area (Å²) in [4.78, 5) is 0.463. The number of nitrogen functional groups attached to an aromatic ring is 1. The van der Waals surface area contributed by atoms with E-state index in [-0.39, 0.29) is 5.69 Å². The van der Waals surface area contributed by atoms with Crippen LogP contribution in [0.2, 0.25) is 0 Å². The average molecular weight is 291 g/mol. The minimum absolute atomic E-state index is 0.0760. The second kappa shape index (κ2) is 6.18. The Morgan fingerprint density at radius 2 is 1.80 bits per heavy atom. The number of hydrogen-bond acceptors (Lipinski definition) is 2. The van der Waals surface area contributed by atoms with Crippen LogP contribution in [0.25, 0.3) is 0 Å². The van der Waals surface area contributed by atoms with Gasteiger partial charge in [-0.25, -0.2) is 4.39 Å². The highest BCUT2D eigenvalue weighted by Gasteiger charge is 2.08. The Labute approximate surface area is 121 Å². The molecule has 0 amide bonds. The Morgan fingerprint density at radius 3 is 2.35 bits per heavy atom. The second-order valence-electron chi connectivity index (χ2n) is 5.07. The molecule has 0 aliphatic rings. The Balaban J connectivity index is 2.12. The Hall–Kier alpha value is -1.68. The zero-order valence-electron chi connectivity index (χ0n) is 11.6. The lowest BCUT2D eigenvalue weighted by atomic mass is 10.0. The van der Waals surface area contributed by atoms with Crippen molar-refractivity contribution < 1.29 is 8.60 Å². The summed E-state index contributed by atoms with van der Waals surface area (Å²) in [5.41, 5.74) is 7.71. The van der Waals surface area contributed by atoms with Crippen LogP contribution in [0.3, 0.4) is 0 Å². The van der Waals surface area contributed by atoms with E-state index in [1.807, 2.05) is 24.3 Å². The van der Waals surface area contributed by atoms with Gasteiger partial charge < -0.3 is 5.73 Å². The van der Waals surface area contributed by atoms with Crippen molar-refractivity contribution in [3.8, 4) is 0 Å². The number of nitrogens with two attached hydrogens (primary N) is 1. The first-order valence-electron chi connectivity index (χ1n) is 6.49. The van der Waals surface area contributed by atoms with Gasteiger partial charge in [0.2, 0.25) is 0 Å². The summed E-state index contributed by atoms with van der Waals surface area (Å²) in [6.07, 6.45) is 0. The number of rotatable bonds is 4. The average Bonchev–Trinajstić information content (AvgIpc) is 2.42. The van der Waals surface area contributed by atoms with Crippen molar-refractivity contribution in [1.29, 1.82) is 0 Å². The van der Waals surface area contributed by atoms with E-state index in [0.29, 0.717) is 16.6 Å². The summed E-state index contributed by atoms with van der Waals surface area (Å²) in [5, 5.41) is 0. The summed E-state index contributed by atoms with van der Waals surface area (Å²) in [7, 11) is -1.27. The fraction of sp³-hybridized carbons (Fsp3) is 0.250. The summed E-state index contributed by atoms with van der Waals surface area (Å²) >= 11 is 0. The SMILES string of the molecule is CC(C)c1ccc(CS(=O)c2ccc(N)c(F)c2)cc1. The summed E-state index contributed by atoms with van der Waals surface area (Å²) in [6, 6.07) is 12.3. The van der Waals surface area contributed by atoms with Gasteiger partial charge in [0.05, 0.1) is 22.2 Å². The topological polar surface area (TPSA) is 43.1 Å². The smallest absolute Gasteiger partial charge is 0.147 e. The van der Waals surface area contributed by atoms with Gasteiger partial charge in [-0.1, -0.05) is 38.1 Å². The van der Waals surface area contributed by atoms with Crippen LogP contribution in [0, 0.1) is 5.82 Å². The van der Waals surface area contributed by atoms with E-state index in [1.165, 1.54) is 17.7 Å². The molecule has 2 aromatic carbocycles. The maximum absolute atomic E-state index is 13.4. The van der Waals surface area contributed by atoms with Gasteiger partial charge in [-0.2, -0.15) is 0 Å². The zero-order valence-corrected chi connectivity index (χ0v) is 12.4. The third-order valence-corrected chi connectivity index (χ3v) is 4.55. The summed E-state index contributed by atoms with van der Waals surface area (Å²) in [6.45, 7) is 4.26. The molecule has 106 valence electrons. The van der Waals surface area contributed by atoms with Gasteiger partial charge in [-0.05, 0) is 35.2 Å². The predicted octanol–water partition coefficient (Wildman–Crippen LogP) is 3.84. The first kappa shape index (κ1) is 14.7. The van der Waals surface area contributed by atoms with Crippen molar-refractivity contribution >= 4 is 16.5 Å². The van der Waals surface area contributed by atoms with Crippen LogP contribution >= 0.6 is 0 Å². The normalized spacial score (nSPS) is 12.6. The molecule has 1 unspecified atom stereocenters. The molecule has 0 heterocycles. The maximum Gasteiger partial charge on any atom is 0.147 e. The largest absolute Gasteiger partial charge is 0.396 e. The van der Waals surface area contributed by atoms with Crippen LogP contribution in [0.1, 0.15) is 30.9 Å². The molecule has 2 nitrogen and oxygen atoms in total. The van der Waals surface area contributed by atoms with Crippen molar-refractivity contribution in [1.82, 2.24) is 0 Å². The van der Waals surface area contributed by atoms with Gasteiger partial charge in [-0.15, -0.1) is 0 Å². The van der Waals surface area contributed by atoms with Gasteiger partial charge in [0.25, 0.3) is 0 Å². The van der Waals surface area contributed by atoms with Crippen LogP contribution < -0.4 is 5.73 Å². The zero-order chi connectivity index (χ0) is 14.7. The third kappa shape index (κ3) is 3.45.